The largest absolute Gasteiger partial charge is 0.280 e. The Kier molecular flexibility index (Phi) is 3.94. The Morgan fingerprint density at radius 3 is 2.67 bits per heavy atom. The molecule has 112 valence electrons. The van der Waals surface area contributed by atoms with Crippen LogP contribution in [0.1, 0.15) is 18.2 Å². The monoisotopic (exact) mass is 310 g/mol. The molecule has 0 aliphatic rings. The number of hydrogen-bond donors (Lipinski definition) is 2. The fourth-order valence-corrected chi connectivity index (χ4v) is 3.04. The van der Waals surface area contributed by atoms with Crippen molar-refractivity contribution in [3.63, 3.8) is 0 Å². The lowest BCUT2D eigenvalue weighted by Crippen LogP contribution is -2.14. The third-order valence-electron chi connectivity index (χ3n) is 2.92. The zero-order valence-electron chi connectivity index (χ0n) is 11.5. The van der Waals surface area contributed by atoms with Gasteiger partial charge in [0.1, 0.15) is 0 Å². The van der Waals surface area contributed by atoms with Crippen LogP contribution in [-0.2, 0) is 16.4 Å². The first-order chi connectivity index (χ1) is 9.83. The van der Waals surface area contributed by atoms with E-state index in [1.807, 2.05) is 6.92 Å². The molecular formula is C12H14N4O4S. The first-order valence-electron chi connectivity index (χ1n) is 6.15. The number of nitro groups is 1. The molecule has 0 aliphatic carbocycles. The Morgan fingerprint density at radius 1 is 1.38 bits per heavy atom. The average molecular weight is 310 g/mol. The van der Waals surface area contributed by atoms with Crippen LogP contribution in [0.25, 0.3) is 0 Å². The van der Waals surface area contributed by atoms with Crippen LogP contribution >= 0.6 is 0 Å². The molecule has 1 aromatic carbocycles. The minimum atomic E-state index is -3.93. The fraction of sp³-hybridized carbons (Fsp3) is 0.250. The van der Waals surface area contributed by atoms with Gasteiger partial charge in [-0.2, -0.15) is 5.10 Å². The molecule has 0 saturated heterocycles. The van der Waals surface area contributed by atoms with Crippen molar-refractivity contribution in [3.05, 3.63) is 45.6 Å². The van der Waals surface area contributed by atoms with Gasteiger partial charge in [0.2, 0.25) is 0 Å². The normalized spacial score (nSPS) is 11.3. The predicted octanol–water partition coefficient (Wildman–Crippen LogP) is 1.99. The molecule has 0 amide bonds. The summed E-state index contributed by atoms with van der Waals surface area (Å²) in [5, 5.41) is 17.3. The van der Waals surface area contributed by atoms with Crippen molar-refractivity contribution in [3.8, 4) is 0 Å². The predicted molar refractivity (Wildman–Crippen MR) is 76.6 cm³/mol. The number of rotatable bonds is 5. The highest BCUT2D eigenvalue weighted by molar-refractivity contribution is 7.92. The molecular weight excluding hydrogens is 296 g/mol. The van der Waals surface area contributed by atoms with Crippen LogP contribution < -0.4 is 4.72 Å². The van der Waals surface area contributed by atoms with Crippen LogP contribution in [0.15, 0.2) is 29.2 Å². The maximum Gasteiger partial charge on any atom is 0.270 e. The number of nitro benzene ring substituents is 1. The maximum atomic E-state index is 12.3. The SMILES string of the molecule is CCc1cc(NS(=O)(=O)c2cc([N+](=O)[O-])ccc2C)n[nH]1. The topological polar surface area (TPSA) is 118 Å². The van der Waals surface area contributed by atoms with E-state index in [2.05, 4.69) is 14.9 Å². The molecule has 2 aromatic rings. The van der Waals surface area contributed by atoms with Gasteiger partial charge < -0.3 is 0 Å². The standard InChI is InChI=1S/C12H14N4O4S/c1-3-9-6-12(14-13-9)15-21(19,20)11-7-10(16(17)18)5-4-8(11)2/h4-7H,3H2,1-2H3,(H2,13,14,15). The lowest BCUT2D eigenvalue weighted by Gasteiger charge is -2.08. The minimum Gasteiger partial charge on any atom is -0.280 e. The lowest BCUT2D eigenvalue weighted by molar-refractivity contribution is -0.385. The van der Waals surface area contributed by atoms with Crippen molar-refractivity contribution in [2.45, 2.75) is 25.2 Å². The fourth-order valence-electron chi connectivity index (χ4n) is 1.78. The molecule has 0 radical (unpaired) electrons. The summed E-state index contributed by atoms with van der Waals surface area (Å²) >= 11 is 0. The highest BCUT2D eigenvalue weighted by Crippen LogP contribution is 2.23. The number of aryl methyl sites for hydroxylation is 2. The van der Waals surface area contributed by atoms with Crippen LogP contribution in [-0.4, -0.2) is 23.5 Å². The molecule has 1 aromatic heterocycles. The number of nitrogens with zero attached hydrogens (tertiary/aromatic N) is 2. The Hall–Kier alpha value is -2.42. The molecule has 2 N–H and O–H groups in total. The number of aromatic nitrogens is 2. The highest BCUT2D eigenvalue weighted by atomic mass is 32.2. The number of nitrogens with one attached hydrogen (secondary N) is 2. The van der Waals surface area contributed by atoms with Crippen LogP contribution in [0, 0.1) is 17.0 Å². The molecule has 2 rings (SSSR count). The smallest absolute Gasteiger partial charge is 0.270 e. The van der Waals surface area contributed by atoms with E-state index in [1.54, 1.807) is 13.0 Å². The van der Waals surface area contributed by atoms with E-state index in [0.29, 0.717) is 12.0 Å². The van der Waals surface area contributed by atoms with Crippen LogP contribution in [0.2, 0.25) is 0 Å². The molecule has 21 heavy (non-hydrogen) atoms. The number of non-ortho nitro benzene ring substituents is 1. The highest BCUT2D eigenvalue weighted by Gasteiger charge is 2.21. The van der Waals surface area contributed by atoms with Gasteiger partial charge in [-0.05, 0) is 18.9 Å². The zero-order valence-corrected chi connectivity index (χ0v) is 12.3. The molecule has 0 unspecified atom stereocenters. The number of aromatic amines is 1. The van der Waals surface area contributed by atoms with E-state index in [1.165, 1.54) is 12.1 Å². The number of sulfonamides is 1. The van der Waals surface area contributed by atoms with E-state index in [0.717, 1.165) is 11.8 Å². The van der Waals surface area contributed by atoms with E-state index in [-0.39, 0.29) is 16.4 Å². The van der Waals surface area contributed by atoms with Gasteiger partial charge in [0.05, 0.1) is 9.82 Å². The van der Waals surface area contributed by atoms with Crippen LogP contribution in [0.5, 0.6) is 0 Å². The van der Waals surface area contributed by atoms with Crippen molar-refractivity contribution in [2.24, 2.45) is 0 Å². The van der Waals surface area contributed by atoms with Crippen molar-refractivity contribution in [1.29, 1.82) is 0 Å². The van der Waals surface area contributed by atoms with Crippen molar-refractivity contribution in [2.75, 3.05) is 4.72 Å². The second kappa shape index (κ2) is 5.52. The van der Waals surface area contributed by atoms with E-state index in [4.69, 9.17) is 0 Å². The molecule has 0 bridgehead atoms. The third-order valence-corrected chi connectivity index (χ3v) is 4.42. The molecule has 1 heterocycles. The Labute approximate surface area is 121 Å². The van der Waals surface area contributed by atoms with Gasteiger partial charge >= 0.3 is 0 Å². The van der Waals surface area contributed by atoms with Crippen molar-refractivity contribution in [1.82, 2.24) is 10.2 Å². The molecule has 9 heteroatoms. The summed E-state index contributed by atoms with van der Waals surface area (Å²) in [7, 11) is -3.93. The van der Waals surface area contributed by atoms with Crippen LogP contribution in [0.3, 0.4) is 0 Å². The van der Waals surface area contributed by atoms with Gasteiger partial charge in [-0.25, -0.2) is 8.42 Å². The second-order valence-corrected chi connectivity index (χ2v) is 6.10. The van der Waals surface area contributed by atoms with E-state index >= 15 is 0 Å². The van der Waals surface area contributed by atoms with Gasteiger partial charge in [-0.3, -0.25) is 19.9 Å². The molecule has 0 atom stereocenters. The summed E-state index contributed by atoms with van der Waals surface area (Å²) in [5.74, 6) is 0.151. The third kappa shape index (κ3) is 3.19. The quantitative estimate of drug-likeness (QED) is 0.646. The van der Waals surface area contributed by atoms with E-state index < -0.39 is 14.9 Å². The summed E-state index contributed by atoms with van der Waals surface area (Å²) in [6, 6.07) is 5.27. The lowest BCUT2D eigenvalue weighted by atomic mass is 10.2. The molecule has 0 aliphatic heterocycles. The summed E-state index contributed by atoms with van der Waals surface area (Å²) in [6.45, 7) is 3.47. The Bertz CT molecular complexity index is 782. The first kappa shape index (κ1) is 15.0. The van der Waals surface area contributed by atoms with Gasteiger partial charge in [-0.1, -0.05) is 13.0 Å². The summed E-state index contributed by atoms with van der Waals surface area (Å²) in [4.78, 5) is 9.99. The molecule has 8 nitrogen and oxygen atoms in total. The van der Waals surface area contributed by atoms with Gasteiger partial charge in [-0.15, -0.1) is 0 Å². The Morgan fingerprint density at radius 2 is 2.10 bits per heavy atom. The number of hydrogen-bond acceptors (Lipinski definition) is 5. The average Bonchev–Trinajstić information content (AvgIpc) is 2.85. The number of H-pyrrole nitrogens is 1. The Balaban J connectivity index is 2.39. The van der Waals surface area contributed by atoms with Gasteiger partial charge in [0, 0.05) is 23.9 Å². The zero-order chi connectivity index (χ0) is 15.6. The molecule has 0 saturated carbocycles. The van der Waals surface area contributed by atoms with Crippen molar-refractivity contribution >= 4 is 21.5 Å². The number of benzene rings is 1. The molecule has 0 fully saturated rings. The van der Waals surface area contributed by atoms with E-state index in [9.17, 15) is 18.5 Å². The van der Waals surface area contributed by atoms with Gasteiger partial charge in [0.25, 0.3) is 15.7 Å². The summed E-state index contributed by atoms with van der Waals surface area (Å²) in [5.41, 5.74) is 0.917. The summed E-state index contributed by atoms with van der Waals surface area (Å²) < 4.78 is 26.9. The van der Waals surface area contributed by atoms with Gasteiger partial charge in [0.15, 0.2) is 5.82 Å². The second-order valence-electron chi connectivity index (χ2n) is 4.44. The maximum absolute atomic E-state index is 12.3. The number of anilines is 1. The van der Waals surface area contributed by atoms with Crippen LogP contribution in [0.4, 0.5) is 11.5 Å². The first-order valence-corrected chi connectivity index (χ1v) is 7.64. The molecule has 0 spiro atoms. The van der Waals surface area contributed by atoms with Crippen molar-refractivity contribution < 1.29 is 13.3 Å². The summed E-state index contributed by atoms with van der Waals surface area (Å²) in [6.07, 6.45) is 0.685. The minimum absolute atomic E-state index is 0.141.